The Morgan fingerprint density at radius 3 is 2.60 bits per heavy atom. The maximum absolute atomic E-state index is 12.9. The van der Waals surface area contributed by atoms with Crippen molar-refractivity contribution in [3.05, 3.63) is 22.7 Å². The van der Waals surface area contributed by atoms with Crippen LogP contribution in [0.25, 0.3) is 10.2 Å². The van der Waals surface area contributed by atoms with Crippen molar-refractivity contribution < 1.29 is 4.79 Å². The van der Waals surface area contributed by atoms with Crippen molar-refractivity contribution in [3.63, 3.8) is 0 Å². The molecule has 2 aromatic rings. The van der Waals surface area contributed by atoms with E-state index in [1.165, 1.54) is 6.42 Å². The molecule has 138 valence electrons. The second-order valence-electron chi connectivity index (χ2n) is 6.25. The fourth-order valence-electron chi connectivity index (χ4n) is 2.96. The molecule has 4 nitrogen and oxygen atoms in total. The summed E-state index contributed by atoms with van der Waals surface area (Å²) in [5.74, 6) is 0.451. The Kier molecular flexibility index (Phi) is 7.68. The summed E-state index contributed by atoms with van der Waals surface area (Å²) in [5, 5.41) is 0.840. The van der Waals surface area contributed by atoms with Crippen molar-refractivity contribution in [2.24, 2.45) is 5.92 Å². The minimum atomic E-state index is 0. The summed E-state index contributed by atoms with van der Waals surface area (Å²) >= 11 is 5.12. The van der Waals surface area contributed by atoms with Crippen LogP contribution in [0.1, 0.15) is 33.1 Å². The number of halogens is 2. The number of hydrogen-bond acceptors (Lipinski definition) is 4. The van der Waals surface area contributed by atoms with Gasteiger partial charge in [-0.2, -0.15) is 0 Å². The molecule has 0 spiro atoms. The lowest BCUT2D eigenvalue weighted by atomic mass is 9.84. The van der Waals surface area contributed by atoms with Crippen LogP contribution in [0.4, 0.5) is 5.13 Å². The van der Waals surface area contributed by atoms with Gasteiger partial charge in [-0.05, 0) is 44.1 Å². The highest BCUT2D eigenvalue weighted by atomic mass is 79.9. The maximum Gasteiger partial charge on any atom is 0.231 e. The van der Waals surface area contributed by atoms with Crippen LogP contribution in [-0.2, 0) is 4.79 Å². The van der Waals surface area contributed by atoms with Gasteiger partial charge in [-0.3, -0.25) is 9.69 Å². The zero-order valence-electron chi connectivity index (χ0n) is 14.7. The predicted molar refractivity (Wildman–Crippen MR) is 112 cm³/mol. The molecule has 0 radical (unpaired) electrons. The fraction of sp³-hybridized carbons (Fsp3) is 0.556. The summed E-state index contributed by atoms with van der Waals surface area (Å²) in [4.78, 5) is 21.9. The number of hydrogen-bond donors (Lipinski definition) is 0. The molecule has 1 heterocycles. The van der Waals surface area contributed by atoms with E-state index >= 15 is 0 Å². The van der Waals surface area contributed by atoms with Crippen molar-refractivity contribution >= 4 is 60.9 Å². The number of benzene rings is 1. The highest BCUT2D eigenvalue weighted by Crippen LogP contribution is 2.34. The van der Waals surface area contributed by atoms with Crippen LogP contribution in [0.2, 0.25) is 0 Å². The average Bonchev–Trinajstić information content (AvgIpc) is 2.92. The Bertz CT molecular complexity index is 715. The van der Waals surface area contributed by atoms with E-state index in [4.69, 9.17) is 4.98 Å². The van der Waals surface area contributed by atoms with E-state index in [-0.39, 0.29) is 24.2 Å². The third kappa shape index (κ3) is 4.73. The van der Waals surface area contributed by atoms with Crippen LogP contribution < -0.4 is 4.90 Å². The summed E-state index contributed by atoms with van der Waals surface area (Å²) in [6, 6.07) is 6.09. The molecule has 0 unspecified atom stereocenters. The molecule has 0 saturated heterocycles. The molecule has 25 heavy (non-hydrogen) atoms. The van der Waals surface area contributed by atoms with Gasteiger partial charge < -0.3 is 4.90 Å². The molecule has 0 N–H and O–H groups in total. The van der Waals surface area contributed by atoms with E-state index in [1.54, 1.807) is 11.3 Å². The Morgan fingerprint density at radius 2 is 2.00 bits per heavy atom. The van der Waals surface area contributed by atoms with Crippen molar-refractivity contribution in [3.8, 4) is 0 Å². The van der Waals surface area contributed by atoms with Crippen LogP contribution in [0.15, 0.2) is 22.7 Å². The smallest absolute Gasteiger partial charge is 0.231 e. The topological polar surface area (TPSA) is 36.4 Å². The molecular weight excluding hydrogens is 422 g/mol. The zero-order chi connectivity index (χ0) is 17.1. The highest BCUT2D eigenvalue weighted by molar-refractivity contribution is 9.10. The van der Waals surface area contributed by atoms with Crippen molar-refractivity contribution in [1.82, 2.24) is 9.88 Å². The van der Waals surface area contributed by atoms with Crippen molar-refractivity contribution in [1.29, 1.82) is 0 Å². The zero-order valence-corrected chi connectivity index (χ0v) is 17.9. The first-order valence-electron chi connectivity index (χ1n) is 8.72. The molecule has 1 aliphatic carbocycles. The number of carbonyl (C=O) groups is 1. The van der Waals surface area contributed by atoms with Gasteiger partial charge in [0.05, 0.1) is 10.2 Å². The molecule has 1 saturated carbocycles. The number of nitrogens with zero attached hydrogens (tertiary/aromatic N) is 3. The van der Waals surface area contributed by atoms with Crippen molar-refractivity contribution in [2.75, 3.05) is 31.1 Å². The van der Waals surface area contributed by atoms with Gasteiger partial charge in [0, 0.05) is 23.5 Å². The van der Waals surface area contributed by atoms with Gasteiger partial charge in [-0.1, -0.05) is 47.5 Å². The van der Waals surface area contributed by atoms with E-state index in [2.05, 4.69) is 40.7 Å². The second-order valence-corrected chi connectivity index (χ2v) is 8.18. The summed E-state index contributed by atoms with van der Waals surface area (Å²) in [6.07, 6.45) is 3.22. The van der Waals surface area contributed by atoms with E-state index < -0.39 is 0 Å². The first-order valence-corrected chi connectivity index (χ1v) is 10.3. The number of rotatable bonds is 7. The minimum Gasteiger partial charge on any atom is -0.302 e. The number of aromatic nitrogens is 1. The van der Waals surface area contributed by atoms with Crippen molar-refractivity contribution in [2.45, 2.75) is 33.1 Å². The standard InChI is InChI=1S/C18H24BrN3OS.ClH/c1-3-21(4-2)10-11-22(17(23)13-6-5-7-13)18-20-15-9-8-14(19)12-16(15)24-18;/h8-9,12-13H,3-7,10-11H2,1-2H3;1H. The van der Waals surface area contributed by atoms with Gasteiger partial charge in [0.15, 0.2) is 5.13 Å². The molecule has 0 bridgehead atoms. The molecule has 1 aromatic heterocycles. The largest absolute Gasteiger partial charge is 0.302 e. The van der Waals surface area contributed by atoms with E-state index in [9.17, 15) is 4.79 Å². The van der Waals surface area contributed by atoms with Gasteiger partial charge >= 0.3 is 0 Å². The fourth-order valence-corrected chi connectivity index (χ4v) is 4.51. The number of amides is 1. The van der Waals surface area contributed by atoms with Gasteiger partial charge in [0.25, 0.3) is 0 Å². The Balaban J connectivity index is 0.00000225. The van der Waals surface area contributed by atoms with E-state index in [0.29, 0.717) is 0 Å². The molecule has 0 aliphatic heterocycles. The minimum absolute atomic E-state index is 0. The number of likely N-dealkylation sites (N-methyl/N-ethyl adjacent to an activating group) is 1. The van der Waals surface area contributed by atoms with Gasteiger partial charge in [-0.25, -0.2) is 4.98 Å². The van der Waals surface area contributed by atoms with Crippen LogP contribution in [0, 0.1) is 5.92 Å². The lowest BCUT2D eigenvalue weighted by Crippen LogP contribution is -2.43. The molecule has 1 fully saturated rings. The van der Waals surface area contributed by atoms with Crippen LogP contribution in [0.3, 0.4) is 0 Å². The number of anilines is 1. The lowest BCUT2D eigenvalue weighted by molar-refractivity contribution is -0.124. The second kappa shape index (κ2) is 9.31. The molecular formula is C18H25BrClN3OS. The lowest BCUT2D eigenvalue weighted by Gasteiger charge is -2.31. The normalized spacial score (nSPS) is 14.4. The van der Waals surface area contributed by atoms with Gasteiger partial charge in [0.1, 0.15) is 0 Å². The quantitative estimate of drug-likeness (QED) is 0.603. The first kappa shape index (κ1) is 20.6. The Hall–Kier alpha value is -0.690. The Labute approximate surface area is 168 Å². The van der Waals surface area contributed by atoms with Crippen LogP contribution >= 0.6 is 39.7 Å². The number of carbonyl (C=O) groups excluding carboxylic acids is 1. The van der Waals surface area contributed by atoms with E-state index in [1.807, 2.05) is 17.0 Å². The number of thiazole rings is 1. The maximum atomic E-state index is 12.9. The molecule has 1 amide bonds. The van der Waals surface area contributed by atoms with Gasteiger partial charge in [-0.15, -0.1) is 12.4 Å². The first-order chi connectivity index (χ1) is 11.6. The molecule has 0 atom stereocenters. The third-order valence-electron chi connectivity index (χ3n) is 4.82. The summed E-state index contributed by atoms with van der Waals surface area (Å²) < 4.78 is 2.17. The molecule has 1 aromatic carbocycles. The molecule has 3 rings (SSSR count). The molecule has 1 aliphatic rings. The Morgan fingerprint density at radius 1 is 1.28 bits per heavy atom. The van der Waals surface area contributed by atoms with E-state index in [0.717, 1.165) is 58.8 Å². The SMILES string of the molecule is CCN(CC)CCN(C(=O)C1CCC1)c1nc2ccc(Br)cc2s1.Cl. The highest BCUT2D eigenvalue weighted by Gasteiger charge is 2.31. The predicted octanol–water partition coefficient (Wildman–Crippen LogP) is 4.96. The summed E-state index contributed by atoms with van der Waals surface area (Å²) in [6.45, 7) is 7.96. The molecule has 7 heteroatoms. The van der Waals surface area contributed by atoms with Crippen LogP contribution in [-0.4, -0.2) is 42.0 Å². The van der Waals surface area contributed by atoms with Gasteiger partial charge in [0.2, 0.25) is 5.91 Å². The number of fused-ring (bicyclic) bond motifs is 1. The average molecular weight is 447 g/mol. The van der Waals surface area contributed by atoms with Crippen LogP contribution in [0.5, 0.6) is 0 Å². The monoisotopic (exact) mass is 445 g/mol. The summed E-state index contributed by atoms with van der Waals surface area (Å²) in [7, 11) is 0. The summed E-state index contributed by atoms with van der Waals surface area (Å²) in [5.41, 5.74) is 0.965. The third-order valence-corrected chi connectivity index (χ3v) is 6.36.